The fourth-order valence-corrected chi connectivity index (χ4v) is 3.82. The topological polar surface area (TPSA) is 66.5 Å². The monoisotopic (exact) mass is 512 g/mol. The van der Waals surface area contributed by atoms with Gasteiger partial charge in [-0.25, -0.2) is 17.2 Å². The highest BCUT2D eigenvalue weighted by molar-refractivity contribution is 7.74. The van der Waals surface area contributed by atoms with Gasteiger partial charge in [-0.15, -0.1) is 0 Å². The molecule has 0 fully saturated rings. The van der Waals surface area contributed by atoms with Crippen LogP contribution in [-0.2, 0) is 28.4 Å². The molecule has 0 aliphatic carbocycles. The summed E-state index contributed by atoms with van der Waals surface area (Å²) in [5, 5.41) is 2.49. The lowest BCUT2D eigenvalue weighted by molar-refractivity contribution is -0.137. The van der Waals surface area contributed by atoms with E-state index in [2.05, 4.69) is 5.32 Å². The van der Waals surface area contributed by atoms with Crippen LogP contribution in [0.4, 0.5) is 27.6 Å². The average Bonchev–Trinajstić information content (AvgIpc) is 2.81. The number of carbonyl (C=O) groups is 1. The first-order chi connectivity index (χ1) is 16.4. The number of benzene rings is 3. The molecular weight excluding hydrogens is 491 g/mol. The van der Waals surface area contributed by atoms with Gasteiger partial charge in [0.1, 0.15) is 11.6 Å². The number of amides is 1. The van der Waals surface area contributed by atoms with E-state index in [1.165, 1.54) is 38.2 Å². The van der Waals surface area contributed by atoms with Gasteiger partial charge >= 0.3 is 6.18 Å². The number of nitrogens with zero attached hydrogens (tertiary/aromatic N) is 1. The van der Waals surface area contributed by atoms with Gasteiger partial charge in [0.2, 0.25) is 16.8 Å². The SMILES string of the molecule is CC(C(=O)NCc1c(F)cc(C(F)(F)F)cc1-c1ccccc1)c1ccc(N(C)[SH](=O)=O)c(F)c1. The van der Waals surface area contributed by atoms with Crippen LogP contribution in [0.1, 0.15) is 29.5 Å². The molecule has 11 heteroatoms. The predicted octanol–water partition coefficient (Wildman–Crippen LogP) is 5.03. The van der Waals surface area contributed by atoms with Crippen molar-refractivity contribution in [3.05, 3.63) is 89.0 Å². The van der Waals surface area contributed by atoms with Crippen molar-refractivity contribution in [1.29, 1.82) is 0 Å². The first-order valence-electron chi connectivity index (χ1n) is 10.3. The molecule has 0 aliphatic heterocycles. The molecule has 186 valence electrons. The molecule has 0 bridgehead atoms. The van der Waals surface area contributed by atoms with Gasteiger partial charge in [-0.05, 0) is 47.9 Å². The van der Waals surface area contributed by atoms with Crippen LogP contribution in [-0.4, -0.2) is 21.4 Å². The Kier molecular flexibility index (Phi) is 7.79. The summed E-state index contributed by atoms with van der Waals surface area (Å²) in [7, 11) is -1.88. The van der Waals surface area contributed by atoms with Crippen molar-refractivity contribution in [2.75, 3.05) is 11.4 Å². The summed E-state index contributed by atoms with van der Waals surface area (Å²) >= 11 is 0. The highest BCUT2D eigenvalue weighted by atomic mass is 32.2. The zero-order valence-electron chi connectivity index (χ0n) is 18.6. The van der Waals surface area contributed by atoms with Crippen molar-refractivity contribution in [1.82, 2.24) is 5.32 Å². The van der Waals surface area contributed by atoms with Crippen molar-refractivity contribution in [2.24, 2.45) is 0 Å². The summed E-state index contributed by atoms with van der Waals surface area (Å²) in [4.78, 5) is 12.7. The number of rotatable bonds is 7. The molecule has 3 rings (SSSR count). The molecule has 0 saturated carbocycles. The maximum Gasteiger partial charge on any atom is 0.416 e. The third-order valence-electron chi connectivity index (χ3n) is 5.51. The van der Waals surface area contributed by atoms with Crippen molar-refractivity contribution in [2.45, 2.75) is 25.6 Å². The summed E-state index contributed by atoms with van der Waals surface area (Å²) in [6.45, 7) is 1.06. The van der Waals surface area contributed by atoms with E-state index >= 15 is 0 Å². The molecule has 0 radical (unpaired) electrons. The minimum Gasteiger partial charge on any atom is -0.351 e. The minimum absolute atomic E-state index is 0.0176. The van der Waals surface area contributed by atoms with E-state index in [0.29, 0.717) is 11.6 Å². The molecule has 0 aromatic heterocycles. The molecule has 5 nitrogen and oxygen atoms in total. The Hall–Kier alpha value is -3.47. The molecule has 1 N–H and O–H groups in total. The summed E-state index contributed by atoms with van der Waals surface area (Å²) in [6.07, 6.45) is -4.76. The van der Waals surface area contributed by atoms with Gasteiger partial charge in [-0.2, -0.15) is 13.2 Å². The molecule has 0 heterocycles. The predicted molar refractivity (Wildman–Crippen MR) is 122 cm³/mol. The van der Waals surface area contributed by atoms with Crippen molar-refractivity contribution in [3.63, 3.8) is 0 Å². The normalized spacial score (nSPS) is 12.5. The second kappa shape index (κ2) is 10.4. The van der Waals surface area contributed by atoms with Gasteiger partial charge in [-0.3, -0.25) is 9.10 Å². The molecular formula is C24H21F5N2O3S. The second-order valence-corrected chi connectivity index (χ2v) is 8.84. The Balaban J connectivity index is 1.86. The lowest BCUT2D eigenvalue weighted by atomic mass is 9.95. The third-order valence-corrected chi connectivity index (χ3v) is 6.21. The number of carbonyl (C=O) groups excluding carboxylic acids is 1. The van der Waals surface area contributed by atoms with E-state index in [4.69, 9.17) is 0 Å². The minimum atomic E-state index is -4.76. The van der Waals surface area contributed by atoms with E-state index in [1.807, 2.05) is 0 Å². The largest absolute Gasteiger partial charge is 0.416 e. The summed E-state index contributed by atoms with van der Waals surface area (Å²) in [5.41, 5.74) is -0.930. The first-order valence-corrected chi connectivity index (χ1v) is 11.4. The van der Waals surface area contributed by atoms with E-state index in [-0.39, 0.29) is 22.4 Å². The highest BCUT2D eigenvalue weighted by Gasteiger charge is 2.32. The van der Waals surface area contributed by atoms with E-state index in [0.717, 1.165) is 16.4 Å². The van der Waals surface area contributed by atoms with Gasteiger partial charge in [0.25, 0.3) is 0 Å². The zero-order chi connectivity index (χ0) is 25.9. The number of thiol groups is 1. The Morgan fingerprint density at radius 1 is 1.00 bits per heavy atom. The van der Waals surface area contributed by atoms with E-state index in [9.17, 15) is 35.2 Å². The Morgan fingerprint density at radius 3 is 2.23 bits per heavy atom. The van der Waals surface area contributed by atoms with Gasteiger partial charge in [0.05, 0.1) is 17.2 Å². The van der Waals surface area contributed by atoms with Crippen LogP contribution in [0.25, 0.3) is 11.1 Å². The molecule has 3 aromatic carbocycles. The van der Waals surface area contributed by atoms with Gasteiger partial charge in [-0.1, -0.05) is 36.4 Å². The smallest absolute Gasteiger partial charge is 0.351 e. The van der Waals surface area contributed by atoms with Crippen molar-refractivity contribution < 1.29 is 35.2 Å². The number of nitrogens with one attached hydrogen (secondary N) is 1. The lowest BCUT2D eigenvalue weighted by Gasteiger charge is -2.18. The number of hydrogen-bond donors (Lipinski definition) is 2. The fraction of sp³-hybridized carbons (Fsp3) is 0.208. The molecule has 1 unspecified atom stereocenters. The number of alkyl halides is 3. The quantitative estimate of drug-likeness (QED) is 0.345. The van der Waals surface area contributed by atoms with Crippen LogP contribution in [0.5, 0.6) is 0 Å². The van der Waals surface area contributed by atoms with Gasteiger partial charge < -0.3 is 5.32 Å². The second-order valence-electron chi connectivity index (χ2n) is 7.76. The van der Waals surface area contributed by atoms with E-state index < -0.39 is 52.6 Å². The maximum atomic E-state index is 14.8. The van der Waals surface area contributed by atoms with Gasteiger partial charge in [0.15, 0.2) is 0 Å². The summed E-state index contributed by atoms with van der Waals surface area (Å²) in [5.74, 6) is -3.53. The molecule has 0 saturated heterocycles. The Bertz CT molecular complexity index is 1300. The van der Waals surface area contributed by atoms with Crippen LogP contribution in [0.15, 0.2) is 60.7 Å². The average molecular weight is 513 g/mol. The molecule has 3 aromatic rings. The number of anilines is 1. The Labute approximate surface area is 200 Å². The maximum absolute atomic E-state index is 14.8. The number of hydrogen-bond acceptors (Lipinski definition) is 3. The molecule has 0 spiro atoms. The standard InChI is InChI=1S/C24H21F5N2O3S/c1-14(16-8-9-22(21(26)10-16)31(2)35(33)34)23(32)30-13-19-18(15-6-4-3-5-7-15)11-17(12-20(19)25)24(27,28)29/h3-12,14,35H,13H2,1-2H3,(H,30,32). The van der Waals surface area contributed by atoms with Crippen LogP contribution in [0.3, 0.4) is 0 Å². The fourth-order valence-electron chi connectivity index (χ4n) is 3.48. The summed E-state index contributed by atoms with van der Waals surface area (Å²) < 4.78 is 91.8. The van der Waals surface area contributed by atoms with Crippen molar-refractivity contribution >= 4 is 22.5 Å². The highest BCUT2D eigenvalue weighted by Crippen LogP contribution is 2.35. The first kappa shape index (κ1) is 26.1. The van der Waals surface area contributed by atoms with E-state index in [1.54, 1.807) is 18.2 Å². The van der Waals surface area contributed by atoms with Crippen LogP contribution in [0.2, 0.25) is 0 Å². The Morgan fingerprint density at radius 2 is 1.66 bits per heavy atom. The van der Waals surface area contributed by atoms with Crippen LogP contribution < -0.4 is 9.62 Å². The molecule has 1 atom stereocenters. The van der Waals surface area contributed by atoms with Gasteiger partial charge in [0, 0.05) is 19.2 Å². The third kappa shape index (κ3) is 5.97. The van der Waals surface area contributed by atoms with Crippen LogP contribution >= 0.6 is 0 Å². The molecule has 0 aliphatic rings. The zero-order valence-corrected chi connectivity index (χ0v) is 19.5. The lowest BCUT2D eigenvalue weighted by Crippen LogP contribution is -2.28. The summed E-state index contributed by atoms with van der Waals surface area (Å²) in [6, 6.07) is 12.7. The molecule has 1 amide bonds. The number of halogens is 5. The molecule has 35 heavy (non-hydrogen) atoms. The van der Waals surface area contributed by atoms with Crippen LogP contribution in [0, 0.1) is 11.6 Å². The van der Waals surface area contributed by atoms with Crippen molar-refractivity contribution in [3.8, 4) is 11.1 Å².